The minimum Gasteiger partial charge on any atom is -0.384 e. The van der Waals surface area contributed by atoms with Crippen LogP contribution in [0.1, 0.15) is 5.56 Å². The molecule has 17 heterocycles. The maximum atomic E-state index is 14.1. The highest BCUT2D eigenvalue weighted by Crippen LogP contribution is 2.34. The standard InChI is InChI=1S/C22H21N7O.C20H19N7O.C19H18F2N6O.C19H19FN6O.C18H18FN7O/c23-19-7-5-16(14-24-19)18-13-21(28-22(26-18)29-9-11-30-12-10-29)27-20-8-6-15-3-1-2-4-17(15)25-20;21-12-14-2-1-3-16(10-14)24-19-11-17(15-4-5-18(22)23-13-15)25-20(26-19)27-6-8-28-9-7-27;20-13-2-3-14(21)16(9-13)24-18-10-15(12-1-4-17(22)23-11-12)25-19(26-18)27-5-7-28-8-6-27;20-14-3-1-2-4-15(14)23-18-11-16(13-5-6-17(21)22-12-13)24-19(25-18)26-7-9-27-10-8-26;19-13-3-4-21-16(9-13)24-17-10-14(12-1-2-15(20)22-11-12)23-18(25-17)26-5-7-27-8-6-26/h1-8,13-14H,9-12H2,(H2,23,24)(H,25,26,27,28);1-5,10-11,13H,6-9H2,(H2,22,23)(H,24,25,26);1-4,9-11H,5-8H2,(H2,22,23)(H,24,25,26);1-6,11-12H,7-10H2,(H2,21,22)(H,23,24,25);1-4,9-11H,5-8H2,(H2,20,22)(H,21,23,24,25). The average Bonchev–Trinajstić information content (AvgIpc) is 0.821. The van der Waals surface area contributed by atoms with E-state index >= 15 is 0 Å². The molecule has 0 amide bonds. The second kappa shape index (κ2) is 45.8. The fraction of sp³-hybridized carbons (Fsp3) is 0.204. The van der Waals surface area contributed by atoms with Crippen LogP contribution in [-0.2, 0) is 23.7 Å². The van der Waals surface area contributed by atoms with E-state index in [1.807, 2.05) is 99.6 Å². The number of benzene rings is 4. The first-order valence-electron chi connectivity index (χ1n) is 44.6. The Bertz CT molecular complexity index is 6930. The summed E-state index contributed by atoms with van der Waals surface area (Å²) in [6.07, 6.45) is 9.73. The molecule has 0 saturated carbocycles. The molecule has 21 rings (SSSR count). The van der Waals surface area contributed by atoms with Gasteiger partial charge in [-0.3, -0.25) is 0 Å². The Morgan fingerprint density at radius 2 is 0.629 bits per heavy atom. The van der Waals surface area contributed by atoms with Crippen LogP contribution in [-0.4, -0.2) is 216 Å². The van der Waals surface area contributed by atoms with E-state index in [2.05, 4.69) is 107 Å². The van der Waals surface area contributed by atoms with Crippen molar-refractivity contribution in [3.8, 4) is 62.4 Å². The van der Waals surface area contributed by atoms with Crippen molar-refractivity contribution in [2.45, 2.75) is 0 Å². The normalized spacial score (nSPS) is 14.1. The highest BCUT2D eigenvalue weighted by atomic mass is 19.1. The summed E-state index contributed by atoms with van der Waals surface area (Å²) in [7, 11) is 0. The first kappa shape index (κ1) is 94.4. The molecular formula is C98H95F4N33O5. The number of nitriles is 1. The Hall–Kier alpha value is -17.4. The quantitative estimate of drug-likeness (QED) is 0.0317. The van der Waals surface area contributed by atoms with E-state index in [0.717, 1.165) is 106 Å². The maximum Gasteiger partial charge on any atom is 0.228 e. The van der Waals surface area contributed by atoms with Gasteiger partial charge in [-0.15, -0.1) is 0 Å². The number of rotatable bonds is 20. The van der Waals surface area contributed by atoms with Gasteiger partial charge < -0.3 is 103 Å². The maximum absolute atomic E-state index is 14.1. The topological polar surface area (TPSA) is 496 Å². The molecule has 15 N–H and O–H groups in total. The van der Waals surface area contributed by atoms with Crippen molar-refractivity contribution in [3.63, 3.8) is 0 Å². The summed E-state index contributed by atoms with van der Waals surface area (Å²) in [5, 5.41) is 25.7. The van der Waals surface area contributed by atoms with Gasteiger partial charge in [-0.1, -0.05) is 36.4 Å². The molecule has 0 spiro atoms. The predicted molar refractivity (Wildman–Crippen MR) is 530 cm³/mol. The molecule has 5 fully saturated rings. The predicted octanol–water partition coefficient (Wildman–Crippen LogP) is 13.9. The Kier molecular flexibility index (Phi) is 30.8. The van der Waals surface area contributed by atoms with Gasteiger partial charge in [0, 0.05) is 184 Å². The van der Waals surface area contributed by atoms with Crippen molar-refractivity contribution < 1.29 is 41.2 Å². The van der Waals surface area contributed by atoms with Crippen LogP contribution in [0.2, 0.25) is 0 Å². The van der Waals surface area contributed by atoms with Gasteiger partial charge in [-0.05, 0) is 127 Å². The van der Waals surface area contributed by atoms with Gasteiger partial charge in [0.15, 0.2) is 0 Å². The number of halogens is 4. The van der Waals surface area contributed by atoms with E-state index in [1.165, 1.54) is 24.4 Å². The largest absolute Gasteiger partial charge is 0.384 e. The number of nitrogens with one attached hydrogen (secondary N) is 5. The molecule has 0 unspecified atom stereocenters. The van der Waals surface area contributed by atoms with Gasteiger partial charge in [-0.2, -0.15) is 30.2 Å². The molecule has 5 aliphatic heterocycles. The van der Waals surface area contributed by atoms with Gasteiger partial charge >= 0.3 is 0 Å². The van der Waals surface area contributed by atoms with E-state index < -0.39 is 11.6 Å². The zero-order valence-electron chi connectivity index (χ0n) is 75.5. The third-order valence-corrected chi connectivity index (χ3v) is 21.9. The number of morpholine rings is 5. The Morgan fingerprint density at radius 1 is 0.279 bits per heavy atom. The third-order valence-electron chi connectivity index (χ3n) is 21.9. The summed E-state index contributed by atoms with van der Waals surface area (Å²) in [5.74, 6) is 6.95. The monoisotopic (exact) mass is 1890 g/mol. The number of nitrogens with two attached hydrogens (primary N) is 5. The van der Waals surface area contributed by atoms with E-state index in [0.29, 0.717) is 227 Å². The minimum absolute atomic E-state index is 0.00647. The van der Waals surface area contributed by atoms with E-state index in [-0.39, 0.29) is 17.3 Å². The molecule has 5 saturated heterocycles. The molecule has 0 radical (unpaired) electrons. The Labute approximate surface area is 800 Å². The van der Waals surface area contributed by atoms with Crippen molar-refractivity contribution in [1.82, 2.24) is 84.7 Å². The number of ether oxygens (including phenoxy) is 5. The first-order chi connectivity index (χ1) is 68.4. The molecule has 42 heteroatoms. The summed E-state index contributed by atoms with van der Waals surface area (Å²) < 4.78 is 82.2. The summed E-state index contributed by atoms with van der Waals surface area (Å²) in [6, 6.07) is 60.5. The third kappa shape index (κ3) is 25.8. The number of hydrogen-bond donors (Lipinski definition) is 10. The number of fused-ring (bicyclic) bond motifs is 1. The number of para-hydroxylation sites is 2. The highest BCUT2D eigenvalue weighted by Gasteiger charge is 2.25. The molecule has 16 aromatic rings. The molecule has 140 heavy (non-hydrogen) atoms. The molecule has 4 aromatic carbocycles. The molecule has 0 atom stereocenters. The van der Waals surface area contributed by atoms with Gasteiger partial charge in [0.05, 0.1) is 123 Å². The summed E-state index contributed by atoms with van der Waals surface area (Å²) in [5.41, 5.74) is 38.6. The van der Waals surface area contributed by atoms with Crippen molar-refractivity contribution in [1.29, 1.82) is 5.26 Å². The molecule has 5 aliphatic rings. The molecule has 0 aliphatic carbocycles. The van der Waals surface area contributed by atoms with Crippen molar-refractivity contribution in [2.24, 2.45) is 0 Å². The van der Waals surface area contributed by atoms with Crippen molar-refractivity contribution in [3.05, 3.63) is 272 Å². The number of hydrogen-bond acceptors (Lipinski definition) is 38. The van der Waals surface area contributed by atoms with Crippen molar-refractivity contribution >= 4 is 128 Å². The van der Waals surface area contributed by atoms with Crippen LogP contribution in [0.5, 0.6) is 0 Å². The number of pyridine rings is 7. The van der Waals surface area contributed by atoms with E-state index in [9.17, 15) is 17.6 Å². The lowest BCUT2D eigenvalue weighted by Crippen LogP contribution is -2.37. The average molecular weight is 1890 g/mol. The smallest absolute Gasteiger partial charge is 0.228 e. The van der Waals surface area contributed by atoms with Crippen LogP contribution in [0.3, 0.4) is 0 Å². The van der Waals surface area contributed by atoms with Gasteiger partial charge in [0.1, 0.15) is 93.1 Å². The van der Waals surface area contributed by atoms with Crippen LogP contribution in [0.15, 0.2) is 243 Å². The molecule has 12 aromatic heterocycles. The van der Waals surface area contributed by atoms with Crippen LogP contribution < -0.4 is 79.8 Å². The lowest BCUT2D eigenvalue weighted by atomic mass is 10.2. The summed E-state index contributed by atoms with van der Waals surface area (Å²) >= 11 is 0. The number of nitrogens with zero attached hydrogens (tertiary/aromatic N) is 23. The van der Waals surface area contributed by atoms with Gasteiger partial charge in [0.2, 0.25) is 29.7 Å². The van der Waals surface area contributed by atoms with Crippen LogP contribution in [0, 0.1) is 34.6 Å². The SMILES string of the molecule is N#Cc1cccc(Nc2cc(-c3ccc(N)nc3)nc(N3CCOCC3)n2)c1.Nc1ccc(-c2cc(Nc3cc(F)ccc3F)nc(N3CCOCC3)n2)cn1.Nc1ccc(-c2cc(Nc3cc(F)ccn3)nc(N3CCOCC3)n2)cn1.Nc1ccc(-c2cc(Nc3ccc4ccccc4n3)nc(N3CCOCC3)n2)cn1.Nc1ccc(-c2cc(Nc3ccccc3F)nc(N3CCOCC3)n2)cn1. The zero-order valence-corrected chi connectivity index (χ0v) is 75.5. The molecule has 0 bridgehead atoms. The summed E-state index contributed by atoms with van der Waals surface area (Å²) in [4.78, 5) is 86.2. The van der Waals surface area contributed by atoms with Gasteiger partial charge in [-0.25, -0.2) is 77.4 Å². The minimum atomic E-state index is -0.580. The van der Waals surface area contributed by atoms with Crippen LogP contribution in [0.4, 0.5) is 134 Å². The fourth-order valence-corrected chi connectivity index (χ4v) is 14.7. The number of anilines is 20. The second-order valence-electron chi connectivity index (χ2n) is 31.7. The second-order valence-corrected chi connectivity index (χ2v) is 31.7. The van der Waals surface area contributed by atoms with E-state index in [4.69, 9.17) is 77.6 Å². The van der Waals surface area contributed by atoms with Crippen molar-refractivity contribution in [2.75, 3.05) is 211 Å². The highest BCUT2D eigenvalue weighted by molar-refractivity contribution is 5.81. The molecule has 38 nitrogen and oxygen atoms in total. The lowest BCUT2D eigenvalue weighted by Gasteiger charge is -2.27. The number of nitrogen functional groups attached to an aromatic ring is 5. The van der Waals surface area contributed by atoms with Crippen LogP contribution in [0.25, 0.3) is 67.2 Å². The van der Waals surface area contributed by atoms with Gasteiger partial charge in [0.25, 0.3) is 0 Å². The van der Waals surface area contributed by atoms with E-state index in [1.54, 1.807) is 116 Å². The molecular weight excluding hydrogens is 1800 g/mol. The summed E-state index contributed by atoms with van der Waals surface area (Å²) in [6.45, 7) is 13.2. The fourth-order valence-electron chi connectivity index (χ4n) is 14.7. The number of aromatic nitrogens is 17. The lowest BCUT2D eigenvalue weighted by molar-refractivity contribution is 0.122. The zero-order chi connectivity index (χ0) is 96.5. The Balaban J connectivity index is 0.000000121. The first-order valence-corrected chi connectivity index (χ1v) is 44.6. The van der Waals surface area contributed by atoms with Crippen LogP contribution >= 0.6 is 0 Å². The molecule has 710 valence electrons. The Morgan fingerprint density at radius 3 is 1.01 bits per heavy atom.